The standard InChI is InChI=1S/C14H19F2N3O3S/c1-10(14(20)17-2)18-6-8-19(9-7-18)23(21,22)13-11(15)4-3-5-12(13)16/h3-5,10H,6-9H2,1-2H3,(H,17,20)/p+1/t10-/m0/s1. The van der Waals surface area contributed by atoms with Gasteiger partial charge in [0.05, 0.1) is 26.2 Å². The van der Waals surface area contributed by atoms with Gasteiger partial charge in [0.15, 0.2) is 10.9 Å². The van der Waals surface area contributed by atoms with Crippen LogP contribution in [0.15, 0.2) is 23.1 Å². The number of carbonyl (C=O) groups is 1. The third-order valence-corrected chi connectivity index (χ3v) is 6.08. The van der Waals surface area contributed by atoms with Crippen LogP contribution in [-0.2, 0) is 14.8 Å². The number of benzene rings is 1. The first-order chi connectivity index (χ1) is 10.8. The van der Waals surface area contributed by atoms with Crippen LogP contribution < -0.4 is 10.2 Å². The molecule has 0 aliphatic carbocycles. The van der Waals surface area contributed by atoms with Gasteiger partial charge in [-0.05, 0) is 19.1 Å². The number of rotatable bonds is 4. The number of quaternary nitrogens is 1. The number of nitrogens with one attached hydrogen (secondary N) is 2. The predicted molar refractivity (Wildman–Crippen MR) is 79.3 cm³/mol. The number of sulfonamides is 1. The molecule has 23 heavy (non-hydrogen) atoms. The van der Waals surface area contributed by atoms with Gasteiger partial charge in [0, 0.05) is 7.05 Å². The molecule has 1 aliphatic heterocycles. The number of nitrogens with zero attached hydrogens (tertiary/aromatic N) is 1. The first-order valence-corrected chi connectivity index (χ1v) is 8.73. The smallest absolute Gasteiger partial charge is 0.277 e. The molecule has 6 nitrogen and oxygen atoms in total. The van der Waals surface area contributed by atoms with E-state index < -0.39 is 26.6 Å². The molecule has 1 saturated heterocycles. The minimum atomic E-state index is -4.23. The molecular weight excluding hydrogens is 328 g/mol. The van der Waals surface area contributed by atoms with E-state index in [9.17, 15) is 22.0 Å². The Labute approximate surface area is 134 Å². The summed E-state index contributed by atoms with van der Waals surface area (Å²) >= 11 is 0. The normalized spacial score (nSPS) is 18.6. The zero-order valence-corrected chi connectivity index (χ0v) is 13.8. The first kappa shape index (κ1) is 17.8. The summed E-state index contributed by atoms with van der Waals surface area (Å²) < 4.78 is 53.5. The molecular formula is C14H20F2N3O3S+. The largest absolute Gasteiger partial charge is 0.354 e. The van der Waals surface area contributed by atoms with Crippen molar-refractivity contribution in [3.8, 4) is 0 Å². The SMILES string of the molecule is CNC(=O)[C@H](C)[NH+]1CCN(S(=O)(=O)c2c(F)cccc2F)CC1. The number of likely N-dealkylation sites (N-methyl/N-ethyl adjacent to an activating group) is 1. The molecule has 2 N–H and O–H groups in total. The molecule has 1 aromatic carbocycles. The first-order valence-electron chi connectivity index (χ1n) is 7.29. The lowest BCUT2D eigenvalue weighted by molar-refractivity contribution is -0.917. The predicted octanol–water partition coefficient (Wildman–Crippen LogP) is -1.01. The van der Waals surface area contributed by atoms with Crippen LogP contribution in [0.25, 0.3) is 0 Å². The van der Waals surface area contributed by atoms with Crippen molar-refractivity contribution in [2.75, 3.05) is 33.2 Å². The van der Waals surface area contributed by atoms with Crippen LogP contribution in [0.3, 0.4) is 0 Å². The average molecular weight is 348 g/mol. The van der Waals surface area contributed by atoms with Crippen molar-refractivity contribution in [1.82, 2.24) is 9.62 Å². The third kappa shape index (κ3) is 3.51. The van der Waals surface area contributed by atoms with E-state index in [0.29, 0.717) is 13.1 Å². The summed E-state index contributed by atoms with van der Waals surface area (Å²) in [7, 11) is -2.69. The fraction of sp³-hybridized carbons (Fsp3) is 0.500. The fourth-order valence-electron chi connectivity index (χ4n) is 2.71. The van der Waals surface area contributed by atoms with E-state index in [1.54, 1.807) is 14.0 Å². The Bertz CT molecular complexity index is 668. The maximum Gasteiger partial charge on any atom is 0.277 e. The molecule has 1 heterocycles. The fourth-order valence-corrected chi connectivity index (χ4v) is 4.26. The summed E-state index contributed by atoms with van der Waals surface area (Å²) in [6.45, 7) is 2.75. The van der Waals surface area contributed by atoms with Gasteiger partial charge in [-0.2, -0.15) is 4.31 Å². The van der Waals surface area contributed by atoms with Gasteiger partial charge in [-0.15, -0.1) is 0 Å². The molecule has 0 spiro atoms. The number of hydrogen-bond acceptors (Lipinski definition) is 3. The van der Waals surface area contributed by atoms with E-state index >= 15 is 0 Å². The van der Waals surface area contributed by atoms with Crippen molar-refractivity contribution in [2.45, 2.75) is 17.9 Å². The second-order valence-electron chi connectivity index (χ2n) is 5.45. The minimum Gasteiger partial charge on any atom is -0.354 e. The van der Waals surface area contributed by atoms with Crippen LogP contribution in [0, 0.1) is 11.6 Å². The molecule has 1 fully saturated rings. The highest BCUT2D eigenvalue weighted by Crippen LogP contribution is 2.22. The lowest BCUT2D eigenvalue weighted by atomic mass is 10.2. The molecule has 0 aromatic heterocycles. The molecule has 9 heteroatoms. The second kappa shape index (κ2) is 6.90. The molecule has 128 valence electrons. The second-order valence-corrected chi connectivity index (χ2v) is 7.32. The van der Waals surface area contributed by atoms with E-state index in [1.807, 2.05) is 0 Å². The molecule has 0 saturated carbocycles. The van der Waals surface area contributed by atoms with E-state index in [4.69, 9.17) is 0 Å². The summed E-state index contributed by atoms with van der Waals surface area (Å²) in [5.41, 5.74) is 0. The Hall–Kier alpha value is -1.58. The van der Waals surface area contributed by atoms with Crippen LogP contribution in [0.2, 0.25) is 0 Å². The number of hydrogen-bond donors (Lipinski definition) is 2. The van der Waals surface area contributed by atoms with Crippen molar-refractivity contribution in [3.63, 3.8) is 0 Å². The van der Waals surface area contributed by atoms with Gasteiger partial charge in [0.2, 0.25) is 10.0 Å². The summed E-state index contributed by atoms with van der Waals surface area (Å²) in [6, 6.07) is 2.66. The molecule has 1 amide bonds. The van der Waals surface area contributed by atoms with E-state index in [1.165, 1.54) is 0 Å². The summed E-state index contributed by atoms with van der Waals surface area (Å²) in [4.78, 5) is 11.7. The molecule has 0 unspecified atom stereocenters. The Morgan fingerprint density at radius 3 is 2.26 bits per heavy atom. The van der Waals surface area contributed by atoms with E-state index in [2.05, 4.69) is 5.32 Å². The van der Waals surface area contributed by atoms with Gasteiger partial charge < -0.3 is 10.2 Å². The molecule has 1 atom stereocenters. The molecule has 0 radical (unpaired) electrons. The summed E-state index contributed by atoms with van der Waals surface area (Å²) in [5, 5.41) is 2.55. The summed E-state index contributed by atoms with van der Waals surface area (Å²) in [5.74, 6) is -2.33. The van der Waals surface area contributed by atoms with Gasteiger partial charge in [0.1, 0.15) is 11.6 Å². The quantitative estimate of drug-likeness (QED) is 0.732. The Morgan fingerprint density at radius 2 is 1.78 bits per heavy atom. The Morgan fingerprint density at radius 1 is 1.26 bits per heavy atom. The highest BCUT2D eigenvalue weighted by molar-refractivity contribution is 7.89. The maximum atomic E-state index is 13.8. The number of amides is 1. The third-order valence-electron chi connectivity index (χ3n) is 4.13. The monoisotopic (exact) mass is 348 g/mol. The van der Waals surface area contributed by atoms with Crippen LogP contribution in [-0.4, -0.2) is 57.9 Å². The Kier molecular flexibility index (Phi) is 5.33. The maximum absolute atomic E-state index is 13.8. The van der Waals surface area contributed by atoms with Gasteiger partial charge >= 0.3 is 0 Å². The lowest BCUT2D eigenvalue weighted by Crippen LogP contribution is -3.19. The van der Waals surface area contributed by atoms with Crippen LogP contribution >= 0.6 is 0 Å². The van der Waals surface area contributed by atoms with Crippen molar-refractivity contribution in [3.05, 3.63) is 29.8 Å². The van der Waals surface area contributed by atoms with Gasteiger partial charge in [0.25, 0.3) is 5.91 Å². The Balaban J connectivity index is 2.15. The number of piperazine rings is 1. The number of halogens is 2. The molecule has 1 aliphatic rings. The zero-order chi connectivity index (χ0) is 17.2. The molecule has 2 rings (SSSR count). The highest BCUT2D eigenvalue weighted by atomic mass is 32.2. The highest BCUT2D eigenvalue weighted by Gasteiger charge is 2.36. The van der Waals surface area contributed by atoms with Crippen molar-refractivity contribution in [2.24, 2.45) is 0 Å². The van der Waals surface area contributed by atoms with Crippen LogP contribution in [0.1, 0.15) is 6.92 Å². The van der Waals surface area contributed by atoms with Gasteiger partial charge in [-0.1, -0.05) is 6.07 Å². The van der Waals surface area contributed by atoms with Gasteiger partial charge in [-0.25, -0.2) is 17.2 Å². The lowest BCUT2D eigenvalue weighted by Gasteiger charge is -2.34. The topological polar surface area (TPSA) is 70.9 Å². The average Bonchev–Trinajstić information content (AvgIpc) is 2.53. The van der Waals surface area contributed by atoms with E-state index in [0.717, 1.165) is 27.4 Å². The zero-order valence-electron chi connectivity index (χ0n) is 13.0. The molecule has 0 bridgehead atoms. The van der Waals surface area contributed by atoms with Crippen molar-refractivity contribution in [1.29, 1.82) is 0 Å². The van der Waals surface area contributed by atoms with Crippen molar-refractivity contribution >= 4 is 15.9 Å². The van der Waals surface area contributed by atoms with Crippen LogP contribution in [0.4, 0.5) is 8.78 Å². The minimum absolute atomic E-state index is 0.104. The van der Waals surface area contributed by atoms with Crippen LogP contribution in [0.5, 0.6) is 0 Å². The van der Waals surface area contributed by atoms with Crippen molar-refractivity contribution < 1.29 is 26.9 Å². The number of carbonyl (C=O) groups excluding carboxylic acids is 1. The van der Waals surface area contributed by atoms with Gasteiger partial charge in [-0.3, -0.25) is 4.79 Å². The van der Waals surface area contributed by atoms with E-state index in [-0.39, 0.29) is 25.0 Å². The molecule has 1 aromatic rings. The summed E-state index contributed by atoms with van der Waals surface area (Å²) in [6.07, 6.45) is 0.